The van der Waals surface area contributed by atoms with Gasteiger partial charge in [-0.3, -0.25) is 4.98 Å². The predicted octanol–water partition coefficient (Wildman–Crippen LogP) is 0.496. The first-order valence-electron chi connectivity index (χ1n) is 7.12. The Labute approximate surface area is 118 Å². The monoisotopic (exact) mass is 272 g/mol. The minimum Gasteiger partial charge on any atom is -0.355 e. The highest BCUT2D eigenvalue weighted by molar-refractivity contribution is 5.71. The van der Waals surface area contributed by atoms with Gasteiger partial charge in [-0.05, 0) is 25.1 Å². The molecule has 1 aliphatic heterocycles. The smallest absolute Gasteiger partial charge is 0.180 e. The van der Waals surface area contributed by atoms with E-state index in [9.17, 15) is 0 Å². The molecule has 0 aromatic carbocycles. The van der Waals surface area contributed by atoms with Crippen LogP contribution in [0, 0.1) is 0 Å². The fourth-order valence-corrected chi connectivity index (χ4v) is 2.63. The lowest BCUT2D eigenvalue weighted by atomic mass is 10.3. The van der Waals surface area contributed by atoms with Crippen molar-refractivity contribution in [2.75, 3.05) is 44.2 Å². The van der Waals surface area contributed by atoms with E-state index in [0.29, 0.717) is 5.65 Å². The van der Waals surface area contributed by atoms with E-state index in [1.807, 2.05) is 12.1 Å². The number of rotatable bonds is 3. The number of nitrogens with two attached hydrogens (primary N) is 1. The van der Waals surface area contributed by atoms with Gasteiger partial charge in [-0.15, -0.1) is 0 Å². The Morgan fingerprint density at radius 2 is 1.95 bits per heavy atom. The number of anilines is 1. The summed E-state index contributed by atoms with van der Waals surface area (Å²) in [6.07, 6.45) is 4.52. The highest BCUT2D eigenvalue weighted by Crippen LogP contribution is 2.16. The molecule has 2 aromatic rings. The minimum absolute atomic E-state index is 0.716. The van der Waals surface area contributed by atoms with Gasteiger partial charge in [-0.1, -0.05) is 0 Å². The molecule has 2 N–H and O–H groups in total. The van der Waals surface area contributed by atoms with Crippen LogP contribution in [0.4, 0.5) is 5.82 Å². The SMILES string of the molecule is NCCN1CCCN(c2ccc3nccnc3n2)CC1. The van der Waals surface area contributed by atoms with E-state index in [0.717, 1.165) is 57.0 Å². The molecule has 0 atom stereocenters. The maximum atomic E-state index is 5.64. The molecule has 20 heavy (non-hydrogen) atoms. The molecule has 1 fully saturated rings. The summed E-state index contributed by atoms with van der Waals surface area (Å²) in [5, 5.41) is 0. The van der Waals surface area contributed by atoms with E-state index in [1.165, 1.54) is 0 Å². The highest BCUT2D eigenvalue weighted by atomic mass is 15.2. The average molecular weight is 272 g/mol. The molecule has 6 heteroatoms. The largest absolute Gasteiger partial charge is 0.355 e. The van der Waals surface area contributed by atoms with Gasteiger partial charge < -0.3 is 15.5 Å². The number of pyridine rings is 1. The molecule has 0 unspecified atom stereocenters. The zero-order valence-electron chi connectivity index (χ0n) is 11.6. The van der Waals surface area contributed by atoms with E-state index < -0.39 is 0 Å². The molecule has 106 valence electrons. The lowest BCUT2D eigenvalue weighted by Crippen LogP contribution is -2.34. The maximum absolute atomic E-state index is 5.64. The van der Waals surface area contributed by atoms with Crippen LogP contribution in [0.3, 0.4) is 0 Å². The Morgan fingerprint density at radius 1 is 1.05 bits per heavy atom. The van der Waals surface area contributed by atoms with Crippen LogP contribution in [0.5, 0.6) is 0 Å². The van der Waals surface area contributed by atoms with Crippen molar-refractivity contribution in [2.45, 2.75) is 6.42 Å². The van der Waals surface area contributed by atoms with Crippen LogP contribution in [-0.2, 0) is 0 Å². The van der Waals surface area contributed by atoms with Gasteiger partial charge in [0.15, 0.2) is 5.65 Å². The summed E-state index contributed by atoms with van der Waals surface area (Å²) in [5.74, 6) is 0.993. The van der Waals surface area contributed by atoms with Crippen molar-refractivity contribution in [3.05, 3.63) is 24.5 Å². The minimum atomic E-state index is 0.716. The van der Waals surface area contributed by atoms with Gasteiger partial charge in [0.25, 0.3) is 0 Å². The normalized spacial score (nSPS) is 17.4. The molecule has 0 spiro atoms. The van der Waals surface area contributed by atoms with E-state index in [2.05, 4.69) is 24.8 Å². The number of fused-ring (bicyclic) bond motifs is 1. The molecule has 0 bridgehead atoms. The summed E-state index contributed by atoms with van der Waals surface area (Å²) in [4.78, 5) is 17.9. The van der Waals surface area contributed by atoms with Crippen LogP contribution in [0.2, 0.25) is 0 Å². The lowest BCUT2D eigenvalue weighted by molar-refractivity contribution is 0.302. The van der Waals surface area contributed by atoms with Gasteiger partial charge in [0.2, 0.25) is 0 Å². The van der Waals surface area contributed by atoms with Crippen molar-refractivity contribution in [3.8, 4) is 0 Å². The zero-order valence-corrected chi connectivity index (χ0v) is 11.6. The van der Waals surface area contributed by atoms with Crippen LogP contribution in [0.15, 0.2) is 24.5 Å². The molecule has 0 saturated carbocycles. The average Bonchev–Trinajstić information content (AvgIpc) is 2.73. The third-order valence-corrected chi connectivity index (χ3v) is 3.67. The standard InChI is InChI=1S/C14H20N6/c15-4-9-19-7-1-8-20(11-10-19)13-3-2-12-14(18-13)17-6-5-16-12/h2-3,5-6H,1,4,7-11,15H2. The summed E-state index contributed by atoms with van der Waals surface area (Å²) < 4.78 is 0. The van der Waals surface area contributed by atoms with Gasteiger partial charge in [0.1, 0.15) is 11.3 Å². The van der Waals surface area contributed by atoms with Crippen molar-refractivity contribution in [2.24, 2.45) is 5.73 Å². The molecule has 1 saturated heterocycles. The van der Waals surface area contributed by atoms with Gasteiger partial charge in [-0.2, -0.15) is 0 Å². The van der Waals surface area contributed by atoms with Gasteiger partial charge in [-0.25, -0.2) is 9.97 Å². The Morgan fingerprint density at radius 3 is 2.85 bits per heavy atom. The molecule has 3 heterocycles. The summed E-state index contributed by atoms with van der Waals surface area (Å²) in [7, 11) is 0. The number of hydrogen-bond acceptors (Lipinski definition) is 6. The molecule has 6 nitrogen and oxygen atoms in total. The van der Waals surface area contributed by atoms with Crippen molar-refractivity contribution >= 4 is 17.0 Å². The Kier molecular flexibility index (Phi) is 4.03. The van der Waals surface area contributed by atoms with Crippen LogP contribution >= 0.6 is 0 Å². The quantitative estimate of drug-likeness (QED) is 0.877. The number of hydrogen-bond donors (Lipinski definition) is 1. The second-order valence-electron chi connectivity index (χ2n) is 5.04. The van der Waals surface area contributed by atoms with Crippen LogP contribution < -0.4 is 10.6 Å². The molecule has 0 radical (unpaired) electrons. The highest BCUT2D eigenvalue weighted by Gasteiger charge is 2.15. The summed E-state index contributed by atoms with van der Waals surface area (Å²) in [5.41, 5.74) is 7.19. The number of nitrogens with zero attached hydrogens (tertiary/aromatic N) is 5. The van der Waals surface area contributed by atoms with Gasteiger partial charge in [0, 0.05) is 45.1 Å². The van der Waals surface area contributed by atoms with Crippen molar-refractivity contribution < 1.29 is 0 Å². The van der Waals surface area contributed by atoms with Crippen molar-refractivity contribution in [3.63, 3.8) is 0 Å². The predicted molar refractivity (Wildman–Crippen MR) is 79.7 cm³/mol. The molecular formula is C14H20N6. The number of aromatic nitrogens is 3. The second-order valence-corrected chi connectivity index (χ2v) is 5.04. The third kappa shape index (κ3) is 2.86. The van der Waals surface area contributed by atoms with Crippen LogP contribution in [0.1, 0.15) is 6.42 Å². The third-order valence-electron chi connectivity index (χ3n) is 3.67. The van der Waals surface area contributed by atoms with E-state index in [-0.39, 0.29) is 0 Å². The Bertz CT molecular complexity index is 572. The first-order chi connectivity index (χ1) is 9.86. The molecule has 0 aliphatic carbocycles. The molecule has 0 amide bonds. The molecule has 2 aromatic heterocycles. The lowest BCUT2D eigenvalue weighted by Gasteiger charge is -2.22. The zero-order chi connectivity index (χ0) is 13.8. The van der Waals surface area contributed by atoms with Gasteiger partial charge in [0.05, 0.1) is 0 Å². The first-order valence-corrected chi connectivity index (χ1v) is 7.12. The molecule has 1 aliphatic rings. The van der Waals surface area contributed by atoms with Crippen molar-refractivity contribution in [1.29, 1.82) is 0 Å². The van der Waals surface area contributed by atoms with Crippen LogP contribution in [-0.4, -0.2) is 59.1 Å². The van der Waals surface area contributed by atoms with Gasteiger partial charge >= 0.3 is 0 Å². The Hall–Kier alpha value is -1.79. The molecular weight excluding hydrogens is 252 g/mol. The maximum Gasteiger partial charge on any atom is 0.180 e. The van der Waals surface area contributed by atoms with Crippen LogP contribution in [0.25, 0.3) is 11.2 Å². The van der Waals surface area contributed by atoms with E-state index in [1.54, 1.807) is 12.4 Å². The van der Waals surface area contributed by atoms with E-state index in [4.69, 9.17) is 5.73 Å². The Balaban J connectivity index is 1.77. The fraction of sp³-hybridized carbons (Fsp3) is 0.500. The van der Waals surface area contributed by atoms with Crippen molar-refractivity contribution in [1.82, 2.24) is 19.9 Å². The second kappa shape index (κ2) is 6.11. The summed E-state index contributed by atoms with van der Waals surface area (Å²) >= 11 is 0. The summed E-state index contributed by atoms with van der Waals surface area (Å²) in [6, 6.07) is 4.03. The molecule has 3 rings (SSSR count). The van der Waals surface area contributed by atoms with E-state index >= 15 is 0 Å². The summed E-state index contributed by atoms with van der Waals surface area (Å²) in [6.45, 7) is 5.87. The first kappa shape index (κ1) is 13.2. The fourth-order valence-electron chi connectivity index (χ4n) is 2.63. The topological polar surface area (TPSA) is 71.2 Å².